The minimum atomic E-state index is -0.393. The number of benzene rings is 1. The summed E-state index contributed by atoms with van der Waals surface area (Å²) in [6.45, 7) is 2.06. The lowest BCUT2D eigenvalue weighted by Gasteiger charge is -2.07. The van der Waals surface area contributed by atoms with Crippen molar-refractivity contribution < 1.29 is 9.21 Å². The molecule has 0 aliphatic heterocycles. The number of aromatic amines is 1. The maximum atomic E-state index is 12.6. The lowest BCUT2D eigenvalue weighted by molar-refractivity contribution is 0.0954. The van der Waals surface area contributed by atoms with Crippen molar-refractivity contribution in [1.82, 2.24) is 20.3 Å². The zero-order valence-corrected chi connectivity index (χ0v) is 14.1. The van der Waals surface area contributed by atoms with Crippen molar-refractivity contribution in [2.24, 2.45) is 0 Å². The molecule has 130 valence electrons. The summed E-state index contributed by atoms with van der Waals surface area (Å²) in [5, 5.41) is 4.09. The number of hydrogen-bond acceptors (Lipinski definition) is 5. The molecule has 3 aromatic heterocycles. The zero-order valence-electron chi connectivity index (χ0n) is 14.1. The van der Waals surface area contributed by atoms with Gasteiger partial charge in [0, 0.05) is 18.1 Å². The molecule has 0 atom stereocenters. The fraction of sp³-hybridized carbons (Fsp3) is 0.158. The molecule has 0 unspecified atom stereocenters. The van der Waals surface area contributed by atoms with Crippen LogP contribution in [0.2, 0.25) is 0 Å². The third-order valence-electron chi connectivity index (χ3n) is 4.29. The number of aromatic nitrogens is 3. The summed E-state index contributed by atoms with van der Waals surface area (Å²) >= 11 is 0. The van der Waals surface area contributed by atoms with Crippen LogP contribution in [0.25, 0.3) is 22.0 Å². The molecule has 1 aromatic carbocycles. The van der Waals surface area contributed by atoms with Gasteiger partial charge in [-0.3, -0.25) is 14.6 Å². The van der Waals surface area contributed by atoms with Gasteiger partial charge in [0.05, 0.1) is 17.4 Å². The number of nitrogens with one attached hydrogen (secondary N) is 2. The van der Waals surface area contributed by atoms with Crippen LogP contribution in [-0.4, -0.2) is 27.4 Å². The predicted octanol–water partition coefficient (Wildman–Crippen LogP) is 2.35. The number of fused-ring (bicyclic) bond motifs is 2. The van der Waals surface area contributed by atoms with Crippen LogP contribution in [0.1, 0.15) is 21.7 Å². The van der Waals surface area contributed by atoms with Crippen LogP contribution in [-0.2, 0) is 6.42 Å². The number of hydrogen-bond donors (Lipinski definition) is 2. The summed E-state index contributed by atoms with van der Waals surface area (Å²) in [5.41, 5.74) is 1.97. The van der Waals surface area contributed by atoms with Crippen LogP contribution in [0, 0.1) is 6.92 Å². The van der Waals surface area contributed by atoms with Crippen LogP contribution >= 0.6 is 0 Å². The van der Waals surface area contributed by atoms with Crippen LogP contribution in [0.3, 0.4) is 0 Å². The summed E-state index contributed by atoms with van der Waals surface area (Å²) in [6, 6.07) is 9.87. The van der Waals surface area contributed by atoms with E-state index >= 15 is 0 Å². The monoisotopic (exact) mass is 348 g/mol. The van der Waals surface area contributed by atoms with Gasteiger partial charge in [0.2, 0.25) is 5.71 Å². The molecule has 1 amide bonds. The number of H-pyrrole nitrogens is 1. The van der Waals surface area contributed by atoms with E-state index in [0.717, 1.165) is 16.5 Å². The van der Waals surface area contributed by atoms with Gasteiger partial charge in [-0.1, -0.05) is 24.3 Å². The summed E-state index contributed by atoms with van der Waals surface area (Å²) < 4.78 is 5.42. The number of amides is 1. The second-order valence-electron chi connectivity index (χ2n) is 5.94. The van der Waals surface area contributed by atoms with Crippen molar-refractivity contribution >= 4 is 27.9 Å². The van der Waals surface area contributed by atoms with Crippen LogP contribution in [0.5, 0.6) is 0 Å². The quantitative estimate of drug-likeness (QED) is 0.589. The Kier molecular flexibility index (Phi) is 3.96. The van der Waals surface area contributed by atoms with E-state index in [4.69, 9.17) is 4.42 Å². The predicted molar refractivity (Wildman–Crippen MR) is 97.1 cm³/mol. The highest BCUT2D eigenvalue weighted by Gasteiger charge is 2.21. The van der Waals surface area contributed by atoms with Gasteiger partial charge in [-0.25, -0.2) is 4.98 Å². The minimum Gasteiger partial charge on any atom is -0.442 e. The molecule has 2 N–H and O–H groups in total. The van der Waals surface area contributed by atoms with Crippen LogP contribution < -0.4 is 10.9 Å². The van der Waals surface area contributed by atoms with Gasteiger partial charge in [-0.15, -0.1) is 0 Å². The highest BCUT2D eigenvalue weighted by atomic mass is 16.3. The van der Waals surface area contributed by atoms with Crippen molar-refractivity contribution in [1.29, 1.82) is 0 Å². The Balaban J connectivity index is 1.55. The standard InChI is InChI=1S/C19H16N4O3/c1-11-14(15-18(25)22-10-23-19(15)26-11)17(24)21-9-7-13-5-2-4-12-6-3-8-20-16(12)13/h2-6,8,10H,7,9H2,1H3,(H,21,24)(H,22,23,25). The van der Waals surface area contributed by atoms with Crippen molar-refractivity contribution in [3.05, 3.63) is 70.1 Å². The maximum absolute atomic E-state index is 12.6. The summed E-state index contributed by atoms with van der Waals surface area (Å²) in [7, 11) is 0. The largest absolute Gasteiger partial charge is 0.442 e. The summed E-state index contributed by atoms with van der Waals surface area (Å²) in [4.78, 5) is 35.4. The average Bonchev–Trinajstić information content (AvgIpc) is 2.99. The first kappa shape index (κ1) is 16.0. The van der Waals surface area contributed by atoms with E-state index in [1.54, 1.807) is 13.1 Å². The molecule has 3 heterocycles. The van der Waals surface area contributed by atoms with E-state index in [9.17, 15) is 9.59 Å². The Morgan fingerprint density at radius 1 is 1.23 bits per heavy atom. The van der Waals surface area contributed by atoms with Crippen molar-refractivity contribution in [2.75, 3.05) is 6.54 Å². The molecule has 7 nitrogen and oxygen atoms in total. The molecule has 0 aliphatic carbocycles. The van der Waals surface area contributed by atoms with Gasteiger partial charge in [0.15, 0.2) is 0 Å². The second-order valence-corrected chi connectivity index (χ2v) is 5.94. The molecule has 0 saturated carbocycles. The van der Waals surface area contributed by atoms with Crippen molar-refractivity contribution in [3.63, 3.8) is 0 Å². The lowest BCUT2D eigenvalue weighted by atomic mass is 10.1. The van der Waals surface area contributed by atoms with Gasteiger partial charge in [0.25, 0.3) is 11.5 Å². The molecule has 0 radical (unpaired) electrons. The molecule has 4 aromatic rings. The number of aryl methyl sites for hydroxylation is 1. The Hall–Kier alpha value is -3.48. The van der Waals surface area contributed by atoms with Gasteiger partial charge in [0.1, 0.15) is 11.1 Å². The zero-order chi connectivity index (χ0) is 18.1. The summed E-state index contributed by atoms with van der Waals surface area (Å²) in [6.07, 6.45) is 3.64. The van der Waals surface area contributed by atoms with E-state index in [1.807, 2.05) is 30.3 Å². The Morgan fingerprint density at radius 3 is 2.96 bits per heavy atom. The Labute approximate surface area is 148 Å². The second kappa shape index (κ2) is 6.44. The highest BCUT2D eigenvalue weighted by molar-refractivity contribution is 6.06. The number of rotatable bonds is 4. The molecule has 0 saturated heterocycles. The third kappa shape index (κ3) is 2.73. The van der Waals surface area contributed by atoms with Crippen LogP contribution in [0.4, 0.5) is 0 Å². The SMILES string of the molecule is Cc1oc2nc[nH]c(=O)c2c1C(=O)NCCc1cccc2cccnc12. The number of nitrogens with zero attached hydrogens (tertiary/aromatic N) is 2. The Bertz CT molecular complexity index is 1170. The molecular formula is C19H16N4O3. The Morgan fingerprint density at radius 2 is 2.08 bits per heavy atom. The van der Waals surface area contributed by atoms with Crippen molar-refractivity contribution in [3.8, 4) is 0 Å². The van der Waals surface area contributed by atoms with E-state index in [2.05, 4.69) is 20.3 Å². The first-order chi connectivity index (χ1) is 12.6. The molecule has 7 heteroatoms. The van der Waals surface area contributed by atoms with Gasteiger partial charge in [-0.05, 0) is 25.0 Å². The average molecular weight is 348 g/mol. The number of carbonyl (C=O) groups excluding carboxylic acids is 1. The first-order valence-corrected chi connectivity index (χ1v) is 8.23. The lowest BCUT2D eigenvalue weighted by Crippen LogP contribution is -2.27. The number of pyridine rings is 1. The highest BCUT2D eigenvalue weighted by Crippen LogP contribution is 2.20. The molecule has 0 spiro atoms. The van der Waals surface area contributed by atoms with E-state index in [1.165, 1.54) is 6.33 Å². The fourth-order valence-electron chi connectivity index (χ4n) is 3.09. The van der Waals surface area contributed by atoms with Gasteiger partial charge >= 0.3 is 0 Å². The topological polar surface area (TPSA) is 101 Å². The normalized spacial score (nSPS) is 11.1. The number of carbonyl (C=O) groups is 1. The molecular weight excluding hydrogens is 332 g/mol. The number of furan rings is 1. The van der Waals surface area contributed by atoms with E-state index in [0.29, 0.717) is 18.7 Å². The number of para-hydroxylation sites is 1. The smallest absolute Gasteiger partial charge is 0.262 e. The molecule has 0 aliphatic rings. The molecule has 4 rings (SSSR count). The minimum absolute atomic E-state index is 0.162. The fourth-order valence-corrected chi connectivity index (χ4v) is 3.09. The summed E-state index contributed by atoms with van der Waals surface area (Å²) in [5.74, 6) is 0.0153. The molecule has 0 bridgehead atoms. The van der Waals surface area contributed by atoms with Crippen molar-refractivity contribution in [2.45, 2.75) is 13.3 Å². The maximum Gasteiger partial charge on any atom is 0.262 e. The molecule has 0 fully saturated rings. The first-order valence-electron chi connectivity index (χ1n) is 8.23. The van der Waals surface area contributed by atoms with Crippen LogP contribution in [0.15, 0.2) is 52.1 Å². The van der Waals surface area contributed by atoms with Gasteiger partial charge in [-0.2, -0.15) is 0 Å². The third-order valence-corrected chi connectivity index (χ3v) is 4.29. The van der Waals surface area contributed by atoms with E-state index in [-0.39, 0.29) is 22.6 Å². The van der Waals surface area contributed by atoms with E-state index < -0.39 is 5.56 Å². The van der Waals surface area contributed by atoms with Gasteiger partial charge < -0.3 is 14.7 Å². The molecule has 26 heavy (non-hydrogen) atoms.